The molecule has 78 valence electrons. The van der Waals surface area contributed by atoms with E-state index in [9.17, 15) is 5.11 Å². The van der Waals surface area contributed by atoms with Crippen LogP contribution in [0.2, 0.25) is 0 Å². The molecule has 4 unspecified atom stereocenters. The van der Waals surface area contributed by atoms with Gasteiger partial charge in [0.25, 0.3) is 0 Å². The molecule has 4 atom stereocenters. The van der Waals surface area contributed by atoms with Gasteiger partial charge in [0, 0.05) is 6.61 Å². The number of aliphatic hydroxyl groups is 1. The topological polar surface area (TPSA) is 29.5 Å². The van der Waals surface area contributed by atoms with E-state index in [1.54, 1.807) is 0 Å². The molecule has 2 nitrogen and oxygen atoms in total. The molecular formula is C11H22O2. The molecule has 13 heavy (non-hydrogen) atoms. The van der Waals surface area contributed by atoms with Gasteiger partial charge in [-0.15, -0.1) is 0 Å². The molecule has 2 heteroatoms. The summed E-state index contributed by atoms with van der Waals surface area (Å²) in [7, 11) is 0. The third kappa shape index (κ3) is 2.68. The lowest BCUT2D eigenvalue weighted by atomic mass is 9.89. The lowest BCUT2D eigenvalue weighted by Gasteiger charge is -2.26. The van der Waals surface area contributed by atoms with Crippen molar-refractivity contribution < 1.29 is 9.84 Å². The SMILES string of the molecule is CCCC(C)C(O)C1OCCC1C. The maximum absolute atomic E-state index is 9.99. The van der Waals surface area contributed by atoms with Gasteiger partial charge in [0.05, 0.1) is 12.2 Å². The Kier molecular flexibility index (Phi) is 4.20. The van der Waals surface area contributed by atoms with Gasteiger partial charge in [0.1, 0.15) is 0 Å². The third-order valence-electron chi connectivity index (χ3n) is 3.11. The van der Waals surface area contributed by atoms with Gasteiger partial charge in [-0.05, 0) is 24.7 Å². The van der Waals surface area contributed by atoms with Gasteiger partial charge < -0.3 is 9.84 Å². The molecule has 0 aromatic carbocycles. The number of hydrogen-bond donors (Lipinski definition) is 1. The summed E-state index contributed by atoms with van der Waals surface area (Å²) in [6.45, 7) is 7.26. The van der Waals surface area contributed by atoms with Crippen molar-refractivity contribution in [2.24, 2.45) is 11.8 Å². The van der Waals surface area contributed by atoms with E-state index in [1.165, 1.54) is 0 Å². The number of rotatable bonds is 4. The standard InChI is InChI=1S/C11H22O2/c1-4-5-8(2)10(12)11-9(3)6-7-13-11/h8-12H,4-7H2,1-3H3. The zero-order valence-electron chi connectivity index (χ0n) is 8.99. The Labute approximate surface area is 81.3 Å². The van der Waals surface area contributed by atoms with Crippen LogP contribution in [0.1, 0.15) is 40.0 Å². The van der Waals surface area contributed by atoms with E-state index in [0.717, 1.165) is 25.9 Å². The van der Waals surface area contributed by atoms with E-state index in [2.05, 4.69) is 20.8 Å². The zero-order chi connectivity index (χ0) is 9.84. The highest BCUT2D eigenvalue weighted by molar-refractivity contribution is 4.82. The Morgan fingerprint density at radius 3 is 2.69 bits per heavy atom. The molecule has 1 heterocycles. The number of aliphatic hydroxyl groups excluding tert-OH is 1. The lowest BCUT2D eigenvalue weighted by Crippen LogP contribution is -2.35. The Morgan fingerprint density at radius 1 is 1.54 bits per heavy atom. The molecule has 0 aromatic rings. The van der Waals surface area contributed by atoms with Gasteiger partial charge in [0.15, 0.2) is 0 Å². The van der Waals surface area contributed by atoms with Gasteiger partial charge in [0.2, 0.25) is 0 Å². The fraction of sp³-hybridized carbons (Fsp3) is 1.00. The van der Waals surface area contributed by atoms with Gasteiger partial charge in [-0.1, -0.05) is 27.2 Å². The highest BCUT2D eigenvalue weighted by atomic mass is 16.5. The first-order chi connectivity index (χ1) is 6.16. The van der Waals surface area contributed by atoms with Crippen molar-refractivity contribution in [3.8, 4) is 0 Å². The second kappa shape index (κ2) is 4.97. The lowest BCUT2D eigenvalue weighted by molar-refractivity contribution is -0.0434. The van der Waals surface area contributed by atoms with Crippen LogP contribution in [0.5, 0.6) is 0 Å². The van der Waals surface area contributed by atoms with Gasteiger partial charge in [-0.25, -0.2) is 0 Å². The van der Waals surface area contributed by atoms with Crippen LogP contribution in [0.15, 0.2) is 0 Å². The van der Waals surface area contributed by atoms with Crippen molar-refractivity contribution in [1.29, 1.82) is 0 Å². The van der Waals surface area contributed by atoms with Crippen molar-refractivity contribution in [2.45, 2.75) is 52.2 Å². The van der Waals surface area contributed by atoms with E-state index in [4.69, 9.17) is 4.74 Å². The van der Waals surface area contributed by atoms with Gasteiger partial charge >= 0.3 is 0 Å². The monoisotopic (exact) mass is 186 g/mol. The van der Waals surface area contributed by atoms with Crippen LogP contribution in [0.25, 0.3) is 0 Å². The van der Waals surface area contributed by atoms with Crippen molar-refractivity contribution in [3.05, 3.63) is 0 Å². The summed E-state index contributed by atoms with van der Waals surface area (Å²) in [5.41, 5.74) is 0. The quantitative estimate of drug-likeness (QED) is 0.729. The normalized spacial score (nSPS) is 33.2. The predicted octanol–water partition coefficient (Wildman–Crippen LogP) is 2.21. The Hall–Kier alpha value is -0.0800. The molecule has 0 radical (unpaired) electrons. The fourth-order valence-electron chi connectivity index (χ4n) is 2.10. The van der Waals surface area contributed by atoms with E-state index < -0.39 is 0 Å². The molecule has 1 rings (SSSR count). The molecule has 0 bridgehead atoms. The summed E-state index contributed by atoms with van der Waals surface area (Å²) in [6.07, 6.45) is 3.15. The van der Waals surface area contributed by atoms with Crippen LogP contribution in [0.3, 0.4) is 0 Å². The van der Waals surface area contributed by atoms with Crippen LogP contribution >= 0.6 is 0 Å². The minimum absolute atomic E-state index is 0.0848. The Morgan fingerprint density at radius 2 is 2.23 bits per heavy atom. The largest absolute Gasteiger partial charge is 0.390 e. The van der Waals surface area contributed by atoms with E-state index >= 15 is 0 Å². The van der Waals surface area contributed by atoms with Gasteiger partial charge in [-0.2, -0.15) is 0 Å². The molecule has 1 saturated heterocycles. The van der Waals surface area contributed by atoms with Crippen molar-refractivity contribution in [2.75, 3.05) is 6.61 Å². The second-order valence-corrected chi connectivity index (χ2v) is 4.36. The first-order valence-corrected chi connectivity index (χ1v) is 5.46. The summed E-state index contributed by atoms with van der Waals surface area (Å²) < 4.78 is 5.54. The van der Waals surface area contributed by atoms with Crippen LogP contribution in [0.4, 0.5) is 0 Å². The average molecular weight is 186 g/mol. The molecular weight excluding hydrogens is 164 g/mol. The summed E-state index contributed by atoms with van der Waals surface area (Å²) in [6, 6.07) is 0. The highest BCUT2D eigenvalue weighted by Gasteiger charge is 2.33. The number of hydrogen-bond acceptors (Lipinski definition) is 2. The van der Waals surface area contributed by atoms with Crippen LogP contribution in [-0.4, -0.2) is 23.9 Å². The molecule has 1 aliphatic rings. The Balaban J connectivity index is 2.40. The van der Waals surface area contributed by atoms with Crippen molar-refractivity contribution in [3.63, 3.8) is 0 Å². The second-order valence-electron chi connectivity index (χ2n) is 4.36. The van der Waals surface area contributed by atoms with E-state index in [1.807, 2.05) is 0 Å². The maximum Gasteiger partial charge on any atom is 0.0862 e. The van der Waals surface area contributed by atoms with E-state index in [-0.39, 0.29) is 12.2 Å². The van der Waals surface area contributed by atoms with Gasteiger partial charge in [-0.3, -0.25) is 0 Å². The fourth-order valence-corrected chi connectivity index (χ4v) is 2.10. The molecule has 1 aliphatic heterocycles. The summed E-state index contributed by atoms with van der Waals surface area (Å²) >= 11 is 0. The molecule has 0 saturated carbocycles. The molecule has 0 spiro atoms. The minimum atomic E-state index is -0.266. The van der Waals surface area contributed by atoms with Crippen LogP contribution < -0.4 is 0 Å². The molecule has 0 aliphatic carbocycles. The smallest absolute Gasteiger partial charge is 0.0862 e. The molecule has 0 amide bonds. The third-order valence-corrected chi connectivity index (χ3v) is 3.11. The first kappa shape index (κ1) is 11.0. The predicted molar refractivity (Wildman–Crippen MR) is 53.6 cm³/mol. The zero-order valence-corrected chi connectivity index (χ0v) is 8.99. The van der Waals surface area contributed by atoms with Crippen molar-refractivity contribution >= 4 is 0 Å². The summed E-state index contributed by atoms with van der Waals surface area (Å²) in [5, 5.41) is 9.99. The van der Waals surface area contributed by atoms with E-state index in [0.29, 0.717) is 11.8 Å². The average Bonchev–Trinajstić information content (AvgIpc) is 2.50. The first-order valence-electron chi connectivity index (χ1n) is 5.46. The van der Waals surface area contributed by atoms with Crippen molar-refractivity contribution in [1.82, 2.24) is 0 Å². The van der Waals surface area contributed by atoms with Crippen LogP contribution in [0, 0.1) is 11.8 Å². The summed E-state index contributed by atoms with van der Waals surface area (Å²) in [5.74, 6) is 0.893. The molecule has 1 fully saturated rings. The molecule has 0 aromatic heterocycles. The summed E-state index contributed by atoms with van der Waals surface area (Å²) in [4.78, 5) is 0. The minimum Gasteiger partial charge on any atom is -0.390 e. The Bertz CT molecular complexity index is 147. The number of ether oxygens (including phenoxy) is 1. The highest BCUT2D eigenvalue weighted by Crippen LogP contribution is 2.27. The maximum atomic E-state index is 9.99. The van der Waals surface area contributed by atoms with Crippen LogP contribution in [-0.2, 0) is 4.74 Å². The molecule has 1 N–H and O–H groups in total.